The van der Waals surface area contributed by atoms with Gasteiger partial charge in [-0.15, -0.1) is 0 Å². The number of carbonyl (C=O) groups excluding carboxylic acids is 1. The van der Waals surface area contributed by atoms with Crippen LogP contribution in [-0.2, 0) is 14.6 Å². The van der Waals surface area contributed by atoms with Crippen molar-refractivity contribution in [3.63, 3.8) is 0 Å². The van der Waals surface area contributed by atoms with E-state index >= 15 is 0 Å². The largest absolute Gasteiger partial charge is 0.444 e. The van der Waals surface area contributed by atoms with Crippen LogP contribution in [0.25, 0.3) is 0 Å². The molecular formula is C16H23FN2O4S. The maximum Gasteiger partial charge on any atom is 0.412 e. The van der Waals surface area contributed by atoms with Crippen LogP contribution < -0.4 is 10.6 Å². The number of hydrogen-bond acceptors (Lipinski definition) is 5. The average molecular weight is 358 g/mol. The van der Waals surface area contributed by atoms with Crippen molar-refractivity contribution in [2.24, 2.45) is 0 Å². The molecule has 2 rings (SSSR count). The molecule has 1 fully saturated rings. The van der Waals surface area contributed by atoms with Gasteiger partial charge in [0.15, 0.2) is 0 Å². The van der Waals surface area contributed by atoms with Crippen LogP contribution in [0.5, 0.6) is 0 Å². The van der Waals surface area contributed by atoms with Crippen molar-refractivity contribution < 1.29 is 22.3 Å². The number of anilines is 2. The third-order valence-corrected chi connectivity index (χ3v) is 5.25. The van der Waals surface area contributed by atoms with Crippen LogP contribution in [0.4, 0.5) is 20.6 Å². The zero-order valence-electron chi connectivity index (χ0n) is 14.1. The molecule has 0 atom stereocenters. The highest BCUT2D eigenvalue weighted by atomic mass is 32.2. The summed E-state index contributed by atoms with van der Waals surface area (Å²) in [4.78, 5) is 11.9. The third-order valence-electron chi connectivity index (χ3n) is 3.53. The summed E-state index contributed by atoms with van der Waals surface area (Å²) in [6.45, 7) is 5.25. The van der Waals surface area contributed by atoms with Gasteiger partial charge in [0.05, 0.1) is 22.9 Å². The quantitative estimate of drug-likeness (QED) is 0.867. The molecule has 1 amide bonds. The zero-order chi connectivity index (χ0) is 18.0. The van der Waals surface area contributed by atoms with Gasteiger partial charge in [0, 0.05) is 6.04 Å². The van der Waals surface area contributed by atoms with Gasteiger partial charge in [0.25, 0.3) is 0 Å². The first-order valence-electron chi connectivity index (χ1n) is 7.81. The van der Waals surface area contributed by atoms with Crippen LogP contribution in [0.15, 0.2) is 18.2 Å². The van der Waals surface area contributed by atoms with E-state index in [1.54, 1.807) is 20.8 Å². The molecule has 0 radical (unpaired) electrons. The molecular weight excluding hydrogens is 335 g/mol. The lowest BCUT2D eigenvalue weighted by molar-refractivity contribution is 0.0636. The van der Waals surface area contributed by atoms with E-state index in [0.717, 1.165) is 0 Å². The first-order valence-corrected chi connectivity index (χ1v) is 9.63. The summed E-state index contributed by atoms with van der Waals surface area (Å²) < 4.78 is 41.7. The van der Waals surface area contributed by atoms with Crippen molar-refractivity contribution in [1.29, 1.82) is 0 Å². The minimum atomic E-state index is -2.97. The first kappa shape index (κ1) is 18.5. The number of ether oxygens (including phenoxy) is 1. The van der Waals surface area contributed by atoms with Gasteiger partial charge in [0.1, 0.15) is 21.3 Å². The van der Waals surface area contributed by atoms with E-state index in [2.05, 4.69) is 10.6 Å². The zero-order valence-corrected chi connectivity index (χ0v) is 14.9. The molecule has 2 N–H and O–H groups in total. The van der Waals surface area contributed by atoms with Gasteiger partial charge >= 0.3 is 6.09 Å². The van der Waals surface area contributed by atoms with Crippen LogP contribution in [0.1, 0.15) is 33.6 Å². The number of benzene rings is 1. The number of amides is 1. The molecule has 24 heavy (non-hydrogen) atoms. The molecule has 0 aliphatic carbocycles. The van der Waals surface area contributed by atoms with E-state index in [1.165, 1.54) is 18.2 Å². The maximum atomic E-state index is 13.6. The van der Waals surface area contributed by atoms with Gasteiger partial charge < -0.3 is 10.1 Å². The summed E-state index contributed by atoms with van der Waals surface area (Å²) in [6.07, 6.45) is 0.263. The van der Waals surface area contributed by atoms with Gasteiger partial charge in [0.2, 0.25) is 0 Å². The van der Waals surface area contributed by atoms with Gasteiger partial charge in [-0.1, -0.05) is 0 Å². The van der Waals surface area contributed by atoms with Crippen molar-refractivity contribution in [2.45, 2.75) is 45.3 Å². The van der Waals surface area contributed by atoms with Crippen LogP contribution >= 0.6 is 0 Å². The summed E-state index contributed by atoms with van der Waals surface area (Å²) >= 11 is 0. The molecule has 8 heteroatoms. The predicted octanol–water partition coefficient (Wildman–Crippen LogP) is 3.16. The number of hydrogen-bond donors (Lipinski definition) is 2. The molecule has 0 unspecified atom stereocenters. The number of carbonyl (C=O) groups is 1. The molecule has 0 saturated carbocycles. The van der Waals surface area contributed by atoms with Crippen molar-refractivity contribution in [2.75, 3.05) is 22.1 Å². The van der Waals surface area contributed by atoms with Crippen LogP contribution in [0, 0.1) is 5.82 Å². The Morgan fingerprint density at radius 1 is 1.21 bits per heavy atom. The fraction of sp³-hybridized carbons (Fsp3) is 0.562. The summed E-state index contributed by atoms with van der Waals surface area (Å²) in [5.74, 6) is -0.237. The monoisotopic (exact) mass is 358 g/mol. The van der Waals surface area contributed by atoms with Crippen LogP contribution in [0.2, 0.25) is 0 Å². The Balaban J connectivity index is 2.09. The van der Waals surface area contributed by atoms with E-state index in [9.17, 15) is 17.6 Å². The third kappa shape index (κ3) is 5.67. The Labute approximate surface area is 141 Å². The molecule has 0 aromatic heterocycles. The Morgan fingerprint density at radius 2 is 1.83 bits per heavy atom. The van der Waals surface area contributed by atoms with E-state index in [1.807, 2.05) is 0 Å². The molecule has 6 nitrogen and oxygen atoms in total. The molecule has 134 valence electrons. The van der Waals surface area contributed by atoms with Gasteiger partial charge in [-0.25, -0.2) is 17.6 Å². The minimum absolute atomic E-state index is 0.0884. The highest BCUT2D eigenvalue weighted by Crippen LogP contribution is 2.27. The van der Waals surface area contributed by atoms with Crippen molar-refractivity contribution in [3.05, 3.63) is 24.0 Å². The predicted molar refractivity (Wildman–Crippen MR) is 91.6 cm³/mol. The van der Waals surface area contributed by atoms with Crippen molar-refractivity contribution in [3.8, 4) is 0 Å². The van der Waals surface area contributed by atoms with Crippen LogP contribution in [-0.4, -0.2) is 37.7 Å². The fourth-order valence-corrected chi connectivity index (χ4v) is 3.90. The number of sulfone groups is 1. The van der Waals surface area contributed by atoms with E-state index in [4.69, 9.17) is 4.74 Å². The van der Waals surface area contributed by atoms with Crippen molar-refractivity contribution >= 4 is 27.3 Å². The summed E-state index contributed by atoms with van der Waals surface area (Å²) in [5, 5.41) is 5.71. The van der Waals surface area contributed by atoms with Gasteiger partial charge in [-0.05, 0) is 51.8 Å². The Kier molecular flexibility index (Phi) is 5.37. The van der Waals surface area contributed by atoms with Crippen LogP contribution in [0.3, 0.4) is 0 Å². The summed E-state index contributed by atoms with van der Waals surface area (Å²) in [7, 11) is -2.97. The molecule has 0 bridgehead atoms. The minimum Gasteiger partial charge on any atom is -0.444 e. The summed E-state index contributed by atoms with van der Waals surface area (Å²) in [5.41, 5.74) is 0.152. The lowest BCUT2D eigenvalue weighted by Gasteiger charge is -2.26. The summed E-state index contributed by atoms with van der Waals surface area (Å²) in [6, 6.07) is 3.87. The average Bonchev–Trinajstić information content (AvgIpc) is 2.42. The molecule has 1 saturated heterocycles. The number of halogens is 1. The molecule has 1 aliphatic rings. The molecule has 1 heterocycles. The number of nitrogens with one attached hydrogen (secondary N) is 2. The fourth-order valence-electron chi connectivity index (χ4n) is 2.41. The smallest absolute Gasteiger partial charge is 0.412 e. The molecule has 0 spiro atoms. The Hall–Kier alpha value is -1.83. The van der Waals surface area contributed by atoms with Gasteiger partial charge in [-0.3, -0.25) is 5.32 Å². The Bertz CT molecular complexity index is 699. The topological polar surface area (TPSA) is 84.5 Å². The van der Waals surface area contributed by atoms with E-state index in [0.29, 0.717) is 24.2 Å². The second kappa shape index (κ2) is 6.96. The molecule has 1 aliphatic heterocycles. The Morgan fingerprint density at radius 3 is 2.42 bits per heavy atom. The SMILES string of the molecule is CC(C)(C)OC(=O)Nc1ccc(F)cc1NC1CCS(=O)(=O)CC1. The number of rotatable bonds is 3. The van der Waals surface area contributed by atoms with E-state index in [-0.39, 0.29) is 17.5 Å². The maximum absolute atomic E-state index is 13.6. The van der Waals surface area contributed by atoms with Gasteiger partial charge in [-0.2, -0.15) is 0 Å². The lowest BCUT2D eigenvalue weighted by atomic mass is 10.1. The molecule has 1 aromatic rings. The second-order valence-electron chi connectivity index (χ2n) is 6.89. The second-order valence-corrected chi connectivity index (χ2v) is 9.19. The normalized spacial score (nSPS) is 18.0. The van der Waals surface area contributed by atoms with Crippen molar-refractivity contribution in [1.82, 2.24) is 0 Å². The molecule has 1 aromatic carbocycles. The standard InChI is InChI=1S/C16H23FN2O4S/c1-16(2,3)23-15(20)19-13-5-4-11(17)10-14(13)18-12-6-8-24(21,22)9-7-12/h4-5,10,12,18H,6-9H2,1-3H3,(H,19,20). The highest BCUT2D eigenvalue weighted by Gasteiger charge is 2.24. The lowest BCUT2D eigenvalue weighted by Crippen LogP contribution is -2.32. The highest BCUT2D eigenvalue weighted by molar-refractivity contribution is 7.91. The van der Waals surface area contributed by atoms with E-state index < -0.39 is 27.3 Å². The first-order chi connectivity index (χ1) is 11.0.